The van der Waals surface area contributed by atoms with Crippen molar-refractivity contribution in [3.8, 4) is 80.5 Å². The van der Waals surface area contributed by atoms with Gasteiger partial charge in [0.25, 0.3) is 0 Å². The molecule has 7 aromatic heterocycles. The van der Waals surface area contributed by atoms with Crippen molar-refractivity contribution in [2.45, 2.75) is 242 Å². The van der Waals surface area contributed by atoms with Gasteiger partial charge in [-0.3, -0.25) is 33.6 Å². The van der Waals surface area contributed by atoms with Crippen LogP contribution >= 0.6 is 46.4 Å². The van der Waals surface area contributed by atoms with E-state index in [2.05, 4.69) is 9.55 Å². The van der Waals surface area contributed by atoms with Crippen molar-refractivity contribution in [2.24, 2.45) is 7.05 Å². The van der Waals surface area contributed by atoms with Gasteiger partial charge in [-0.15, -0.1) is 0 Å². The van der Waals surface area contributed by atoms with Crippen LogP contribution < -0.4 is 38.0 Å². The highest BCUT2D eigenvalue weighted by Crippen LogP contribution is 2.47. The van der Waals surface area contributed by atoms with Crippen LogP contribution in [0.15, 0.2) is 138 Å². The minimum Gasteiger partial charge on any atom is -0.504 e. The molecule has 2 saturated carbocycles. The maximum absolute atomic E-state index is 12.8. The van der Waals surface area contributed by atoms with Crippen molar-refractivity contribution < 1.29 is 71.5 Å². The van der Waals surface area contributed by atoms with Gasteiger partial charge in [-0.25, -0.2) is 0 Å². The van der Waals surface area contributed by atoms with Crippen molar-refractivity contribution in [1.29, 1.82) is 0 Å². The second-order valence-corrected chi connectivity index (χ2v) is 39.7. The van der Waals surface area contributed by atoms with Gasteiger partial charge in [0.1, 0.15) is 0 Å². The summed E-state index contributed by atoms with van der Waals surface area (Å²) in [5.74, 6) is -4.20. The molecule has 0 saturated heterocycles. The lowest BCUT2D eigenvalue weighted by molar-refractivity contribution is 0.404. The van der Waals surface area contributed by atoms with E-state index in [0.29, 0.717) is 113 Å². The van der Waals surface area contributed by atoms with Crippen molar-refractivity contribution in [3.63, 3.8) is 0 Å². The fraction of sp³-hybridized carbons (Fsp3) is 0.376. The van der Waals surface area contributed by atoms with Crippen LogP contribution in [0, 0.1) is 0 Å². The number of hydrogen-bond acceptors (Lipinski definition) is 21. The van der Waals surface area contributed by atoms with Gasteiger partial charge in [0, 0.05) is 179 Å². The molecule has 16 rings (SSSR count). The van der Waals surface area contributed by atoms with E-state index in [1.165, 1.54) is 60.7 Å². The number of H-pyrrole nitrogens is 1. The number of nitrogens with zero attached hydrogens (tertiary/aromatic N) is 6. The summed E-state index contributed by atoms with van der Waals surface area (Å²) in [6.07, 6.45) is 16.8. The number of fused-ring (bicyclic) bond motifs is 7. The van der Waals surface area contributed by atoms with Crippen LogP contribution in [0.4, 0.5) is 0 Å². The lowest BCUT2D eigenvalue weighted by Crippen LogP contribution is -2.25. The summed E-state index contributed by atoms with van der Waals surface area (Å²) < 4.78 is 11.4. The number of phenols is 14. The molecule has 15 N–H and O–H groups in total. The van der Waals surface area contributed by atoms with Gasteiger partial charge in [0.2, 0.25) is 0 Å². The zero-order chi connectivity index (χ0) is 99.5. The number of rotatable bonds is 9. The standard InChI is InChI=1S/C16H18ClNO3.C15H18ClNO3.C15H17NO3.C15H19NO3.C14H16ClNO3.C13H14ClNO3.C13H15NO3/c1-16(2,3)9-7-18(8-4-5-8)10-6-11(19)15(21)13(17)12(10)14(9)20;1-7(2)9-6-17(8(3)4)10-5-11(18)15(20)13(16)12(10)14(9)19;1-8(2)11-7-16(9-3-4-9)12-6-14(18)13(17)5-10(12)15(11)19;1-5-16-8-10(15(2,3)4)14(19)9-6-12(17)13(18)7-11(9)16;1-4-16-6-8(7(2)3)13(18)11-9(16)5-10(17)14(19)12(11)15;1-6(2)7-5-15(3)8-4-9(16)13(18)11(14)10(8)12(7)17;1-13(2,3)8-6-14-9-5-11(16)10(15)4-7(9)12(8)17/h6-8,19,21H,4-5H2,1-3H3;5-8,18,20H,1-4H3;5-9,17-18H,3-4H2,1-2H3;6-8,17-18H,5H2,1-4H3;5-7,17,19H,4H2,1-3H3;4-6,16,18H,1-3H3;4-6,15-16H,1-3H3,(H,14,17). The fourth-order valence-electron chi connectivity index (χ4n) is 15.6. The Kier molecular flexibility index (Phi) is 30.3. The molecule has 28 nitrogen and oxygen atoms in total. The summed E-state index contributed by atoms with van der Waals surface area (Å²) in [6.45, 7) is 42.4. The minimum absolute atomic E-state index is 0.0453. The van der Waals surface area contributed by atoms with Crippen LogP contribution in [0.25, 0.3) is 76.3 Å². The highest BCUT2D eigenvalue weighted by atomic mass is 35.5. The summed E-state index contributed by atoms with van der Waals surface area (Å²) in [6, 6.07) is 14.6. The SMILES string of the molecule is CC(C)(C)c1c[nH]c2cc(O)c(O)cc2c1=O.CC(C)(C)c1cn(C2CC2)c2cc(O)c(O)c(Cl)c2c1=O.CC(C)c1cn(C(C)C)c2cc(O)c(O)c(Cl)c2c1=O.CC(C)c1cn(C)c2cc(O)c(O)c(Cl)c2c1=O.CC(C)c1cn(C2CC2)c2cc(O)c(O)cc2c1=O.CCn1cc(C(C)(C)C)c(=O)c2cc(O)c(O)cc21.CCn1cc(C(C)C)c(=O)c2c(Cl)c(O)c(O)cc21. The normalized spacial score (nSPS) is 12.8. The Morgan fingerprint density at radius 1 is 0.331 bits per heavy atom. The zero-order valence-electron chi connectivity index (χ0n) is 78.4. The molecule has 32 heteroatoms. The maximum Gasteiger partial charge on any atom is 0.194 e. The lowest BCUT2D eigenvalue weighted by Gasteiger charge is -2.22. The van der Waals surface area contributed by atoms with Crippen LogP contribution in [0.2, 0.25) is 20.1 Å². The Bertz CT molecular complexity index is 7410. The average Bonchev–Trinajstić information content (AvgIpc) is 1.66. The largest absolute Gasteiger partial charge is 0.504 e. The first-order valence-corrected chi connectivity index (χ1v) is 45.1. The van der Waals surface area contributed by atoms with Crippen LogP contribution in [0.3, 0.4) is 0 Å². The van der Waals surface area contributed by atoms with E-state index in [0.717, 1.165) is 31.2 Å². The second-order valence-electron chi connectivity index (χ2n) is 38.2. The zero-order valence-corrected chi connectivity index (χ0v) is 81.4. The van der Waals surface area contributed by atoms with Crippen molar-refractivity contribution in [3.05, 3.63) is 235 Å². The minimum atomic E-state index is -0.456. The third-order valence-corrected chi connectivity index (χ3v) is 25.0. The molecule has 7 aromatic carbocycles. The second kappa shape index (κ2) is 39.3. The van der Waals surface area contributed by atoms with Crippen LogP contribution in [0.1, 0.15) is 252 Å². The molecule has 0 bridgehead atoms. The van der Waals surface area contributed by atoms with E-state index in [-0.39, 0.29) is 183 Å². The number of nitrogens with one attached hydrogen (secondary N) is 1. The molecule has 0 aliphatic heterocycles. The maximum atomic E-state index is 12.8. The first-order valence-electron chi connectivity index (χ1n) is 43.6. The molecule has 0 unspecified atom stereocenters. The molecule has 14 aromatic rings. The van der Waals surface area contributed by atoms with E-state index in [1.54, 1.807) is 36.4 Å². The van der Waals surface area contributed by atoms with E-state index in [1.807, 2.05) is 182 Å². The predicted octanol–water partition coefficient (Wildman–Crippen LogP) is 21.2. The van der Waals surface area contributed by atoms with Gasteiger partial charge in [0.05, 0.1) is 80.3 Å². The highest BCUT2D eigenvalue weighted by molar-refractivity contribution is 6.38. The molecule has 133 heavy (non-hydrogen) atoms. The summed E-state index contributed by atoms with van der Waals surface area (Å²) in [4.78, 5) is 90.2. The Morgan fingerprint density at radius 2 is 0.647 bits per heavy atom. The molecule has 0 spiro atoms. The van der Waals surface area contributed by atoms with Crippen LogP contribution in [-0.4, -0.2) is 104 Å². The molecule has 0 atom stereocenters. The molecule has 7 heterocycles. The number of phenolic OH excluding ortho intramolecular Hbond substituents is 14. The summed E-state index contributed by atoms with van der Waals surface area (Å²) in [5, 5.41) is 137. The number of hydrogen-bond donors (Lipinski definition) is 15. The molecular formula is C101H117Cl4N7O21. The number of aryl methyl sites for hydroxylation is 3. The monoisotopic (exact) mass is 1900 g/mol. The molecule has 2 aliphatic carbocycles. The third-order valence-electron chi connectivity index (χ3n) is 23.5. The van der Waals surface area contributed by atoms with Gasteiger partial charge in [-0.05, 0) is 111 Å². The van der Waals surface area contributed by atoms with Gasteiger partial charge in [0.15, 0.2) is 118 Å². The Labute approximate surface area is 786 Å². The Balaban J connectivity index is 0.000000161. The smallest absolute Gasteiger partial charge is 0.194 e. The van der Waals surface area contributed by atoms with Gasteiger partial charge < -0.3 is 104 Å². The number of aromatic amines is 1. The van der Waals surface area contributed by atoms with Crippen molar-refractivity contribution in [2.75, 3.05) is 0 Å². The number of benzene rings is 7. The topological polar surface area (TPSA) is 448 Å². The number of aromatic hydroxyl groups is 14. The summed E-state index contributed by atoms with van der Waals surface area (Å²) in [5.41, 5.74) is 6.70. The van der Waals surface area contributed by atoms with Gasteiger partial charge in [-0.1, -0.05) is 164 Å². The molecule has 2 aliphatic rings. The van der Waals surface area contributed by atoms with E-state index >= 15 is 0 Å². The summed E-state index contributed by atoms with van der Waals surface area (Å²) >= 11 is 24.2. The van der Waals surface area contributed by atoms with Crippen LogP contribution in [-0.2, 0) is 36.4 Å². The molecule has 710 valence electrons. The van der Waals surface area contributed by atoms with E-state index < -0.39 is 23.0 Å². The average molecular weight is 1910 g/mol. The fourth-order valence-corrected chi connectivity index (χ4v) is 16.7. The molecular weight excluding hydrogens is 1790 g/mol. The van der Waals surface area contributed by atoms with Gasteiger partial charge in [-0.2, -0.15) is 0 Å². The number of aromatic nitrogens is 7. The lowest BCUT2D eigenvalue weighted by atomic mass is 9.87. The molecule has 0 amide bonds. The van der Waals surface area contributed by atoms with Crippen molar-refractivity contribution >= 4 is 123 Å². The Morgan fingerprint density at radius 3 is 1.07 bits per heavy atom. The van der Waals surface area contributed by atoms with E-state index in [9.17, 15) is 105 Å². The predicted molar refractivity (Wildman–Crippen MR) is 529 cm³/mol. The van der Waals surface area contributed by atoms with E-state index in [4.69, 9.17) is 46.4 Å². The summed E-state index contributed by atoms with van der Waals surface area (Å²) in [7, 11) is 1.76. The third kappa shape index (κ3) is 20.9. The van der Waals surface area contributed by atoms with Crippen LogP contribution in [0.5, 0.6) is 80.5 Å². The number of pyridine rings is 7. The van der Waals surface area contributed by atoms with Crippen molar-refractivity contribution in [1.82, 2.24) is 32.4 Å². The van der Waals surface area contributed by atoms with Gasteiger partial charge >= 0.3 is 0 Å². The Hall–Kier alpha value is -12.6. The number of halogens is 4. The first-order chi connectivity index (χ1) is 61.7. The molecule has 0 radical (unpaired) electrons. The molecule has 2 fully saturated rings. The first kappa shape index (κ1) is 102. The quantitative estimate of drug-likeness (QED) is 0.0597. The highest BCUT2D eigenvalue weighted by Gasteiger charge is 2.33.